The predicted octanol–water partition coefficient (Wildman–Crippen LogP) is 2.47. The number of aromatic nitrogens is 2. The number of carbonyl (C=O) groups is 1. The highest BCUT2D eigenvalue weighted by Gasteiger charge is 2.28. The molecule has 168 valence electrons. The Morgan fingerprint density at radius 1 is 1.03 bits per heavy atom. The molecule has 1 aliphatic heterocycles. The van der Waals surface area contributed by atoms with Crippen LogP contribution in [0.1, 0.15) is 29.1 Å². The summed E-state index contributed by atoms with van der Waals surface area (Å²) < 4.78 is 12.3. The lowest BCUT2D eigenvalue weighted by molar-refractivity contribution is 0.0569. The highest BCUT2D eigenvalue weighted by atomic mass is 16.5. The van der Waals surface area contributed by atoms with E-state index in [9.17, 15) is 9.59 Å². The zero-order chi connectivity index (χ0) is 22.8. The average Bonchev–Trinajstić information content (AvgIpc) is 2.85. The van der Waals surface area contributed by atoms with Gasteiger partial charge in [-0.15, -0.1) is 0 Å². The number of hydrogen-bond acceptors (Lipinski definition) is 6. The maximum absolute atomic E-state index is 13.1. The molecule has 2 heterocycles. The normalized spacial score (nSPS) is 15.6. The molecule has 0 spiro atoms. The molecule has 32 heavy (non-hydrogen) atoms. The highest BCUT2D eigenvalue weighted by Crippen LogP contribution is 2.27. The fourth-order valence-corrected chi connectivity index (χ4v) is 4.23. The SMILES string of the molecule is COc1ccc(C(=O)N2CCN(C(C)c3nc4ccccc4c(=O)n3C)CC2)c(OC)c1. The van der Waals surface area contributed by atoms with Crippen molar-refractivity contribution >= 4 is 16.8 Å². The van der Waals surface area contributed by atoms with Crippen molar-refractivity contribution in [3.63, 3.8) is 0 Å². The molecule has 2 aromatic carbocycles. The van der Waals surface area contributed by atoms with E-state index in [-0.39, 0.29) is 17.5 Å². The lowest BCUT2D eigenvalue weighted by Gasteiger charge is -2.38. The van der Waals surface area contributed by atoms with Crippen LogP contribution in [0.25, 0.3) is 10.9 Å². The van der Waals surface area contributed by atoms with Crippen molar-refractivity contribution in [2.75, 3.05) is 40.4 Å². The van der Waals surface area contributed by atoms with Crippen LogP contribution in [-0.4, -0.2) is 65.7 Å². The Morgan fingerprint density at radius 2 is 1.75 bits per heavy atom. The third-order valence-electron chi connectivity index (χ3n) is 6.18. The van der Waals surface area contributed by atoms with Crippen LogP contribution in [0.3, 0.4) is 0 Å². The maximum Gasteiger partial charge on any atom is 0.261 e. The summed E-state index contributed by atoms with van der Waals surface area (Å²) in [6.45, 7) is 4.60. The van der Waals surface area contributed by atoms with Gasteiger partial charge in [0.2, 0.25) is 0 Å². The monoisotopic (exact) mass is 436 g/mol. The van der Waals surface area contributed by atoms with Crippen molar-refractivity contribution in [2.45, 2.75) is 13.0 Å². The second-order valence-corrected chi connectivity index (χ2v) is 7.92. The standard InChI is InChI=1S/C24H28N4O4/c1-16(22-25-20-8-6-5-7-18(20)23(29)26(22)2)27-11-13-28(14-12-27)24(30)19-10-9-17(31-3)15-21(19)32-4/h5-10,15-16H,11-14H2,1-4H3. The second-order valence-electron chi connectivity index (χ2n) is 7.92. The van der Waals surface area contributed by atoms with E-state index in [0.29, 0.717) is 54.1 Å². The Morgan fingerprint density at radius 3 is 2.44 bits per heavy atom. The predicted molar refractivity (Wildman–Crippen MR) is 122 cm³/mol. The average molecular weight is 437 g/mol. The molecule has 3 aromatic rings. The molecule has 0 aliphatic carbocycles. The summed E-state index contributed by atoms with van der Waals surface area (Å²) in [6.07, 6.45) is 0. The molecule has 1 atom stereocenters. The van der Waals surface area contributed by atoms with Crippen molar-refractivity contribution in [3.8, 4) is 11.5 Å². The summed E-state index contributed by atoms with van der Waals surface area (Å²) in [5.41, 5.74) is 1.18. The van der Waals surface area contributed by atoms with Crippen LogP contribution in [0.15, 0.2) is 47.3 Å². The first-order valence-electron chi connectivity index (χ1n) is 10.7. The van der Waals surface area contributed by atoms with Crippen molar-refractivity contribution in [3.05, 3.63) is 64.2 Å². The van der Waals surface area contributed by atoms with E-state index in [4.69, 9.17) is 14.5 Å². The van der Waals surface area contributed by atoms with Gasteiger partial charge in [0, 0.05) is 39.3 Å². The Kier molecular flexibility index (Phi) is 6.14. The molecule has 0 radical (unpaired) electrons. The minimum absolute atomic E-state index is 0.0436. The summed E-state index contributed by atoms with van der Waals surface area (Å²) in [6, 6.07) is 12.6. The van der Waals surface area contributed by atoms with Gasteiger partial charge in [0.15, 0.2) is 0 Å². The van der Waals surface area contributed by atoms with Crippen LogP contribution in [0.2, 0.25) is 0 Å². The number of carbonyl (C=O) groups excluding carboxylic acids is 1. The van der Waals surface area contributed by atoms with E-state index in [1.807, 2.05) is 23.1 Å². The van der Waals surface area contributed by atoms with E-state index < -0.39 is 0 Å². The third-order valence-corrected chi connectivity index (χ3v) is 6.18. The quantitative estimate of drug-likeness (QED) is 0.612. The van der Waals surface area contributed by atoms with E-state index in [2.05, 4.69) is 11.8 Å². The Hall–Kier alpha value is -3.39. The van der Waals surface area contributed by atoms with Gasteiger partial charge < -0.3 is 14.4 Å². The highest BCUT2D eigenvalue weighted by molar-refractivity contribution is 5.97. The minimum Gasteiger partial charge on any atom is -0.497 e. The lowest BCUT2D eigenvalue weighted by atomic mass is 10.1. The minimum atomic E-state index is -0.0620. The number of fused-ring (bicyclic) bond motifs is 1. The summed E-state index contributed by atoms with van der Waals surface area (Å²) in [7, 11) is 4.90. The van der Waals surface area contributed by atoms with Crippen LogP contribution < -0.4 is 15.0 Å². The second kappa shape index (κ2) is 9.00. The zero-order valence-corrected chi connectivity index (χ0v) is 18.9. The van der Waals surface area contributed by atoms with Crippen LogP contribution in [0, 0.1) is 0 Å². The van der Waals surface area contributed by atoms with Gasteiger partial charge in [0.05, 0.1) is 36.7 Å². The molecule has 1 aromatic heterocycles. The van der Waals surface area contributed by atoms with Gasteiger partial charge in [-0.05, 0) is 31.2 Å². The number of para-hydroxylation sites is 1. The number of methoxy groups -OCH3 is 2. The van der Waals surface area contributed by atoms with Gasteiger partial charge in [-0.2, -0.15) is 0 Å². The number of benzene rings is 2. The van der Waals surface area contributed by atoms with Crippen molar-refractivity contribution in [1.82, 2.24) is 19.4 Å². The van der Waals surface area contributed by atoms with Gasteiger partial charge in [0.1, 0.15) is 17.3 Å². The van der Waals surface area contributed by atoms with Gasteiger partial charge in [-0.25, -0.2) is 4.98 Å². The number of ether oxygens (including phenoxy) is 2. The van der Waals surface area contributed by atoms with Crippen LogP contribution in [-0.2, 0) is 7.05 Å². The number of rotatable bonds is 5. The first-order chi connectivity index (χ1) is 15.4. The fraction of sp³-hybridized carbons (Fsp3) is 0.375. The van der Waals surface area contributed by atoms with Crippen LogP contribution in [0.4, 0.5) is 0 Å². The topological polar surface area (TPSA) is 76.9 Å². The van der Waals surface area contributed by atoms with Crippen LogP contribution >= 0.6 is 0 Å². The molecular weight excluding hydrogens is 408 g/mol. The first-order valence-corrected chi connectivity index (χ1v) is 10.7. The molecular formula is C24H28N4O4. The largest absolute Gasteiger partial charge is 0.497 e. The molecule has 1 unspecified atom stereocenters. The number of piperazine rings is 1. The summed E-state index contributed by atoms with van der Waals surface area (Å²) in [4.78, 5) is 34.7. The molecule has 1 saturated heterocycles. The molecule has 4 rings (SSSR count). The molecule has 0 bridgehead atoms. The third kappa shape index (κ3) is 3.93. The zero-order valence-electron chi connectivity index (χ0n) is 18.9. The van der Waals surface area contributed by atoms with Gasteiger partial charge in [0.25, 0.3) is 11.5 Å². The summed E-state index contributed by atoms with van der Waals surface area (Å²) in [5, 5.41) is 0.620. The molecule has 1 fully saturated rings. The smallest absolute Gasteiger partial charge is 0.261 e. The van der Waals surface area contributed by atoms with Crippen molar-refractivity contribution in [2.24, 2.45) is 7.05 Å². The number of hydrogen-bond donors (Lipinski definition) is 0. The number of nitrogens with zero attached hydrogens (tertiary/aromatic N) is 4. The van der Waals surface area contributed by atoms with Crippen molar-refractivity contribution in [1.29, 1.82) is 0 Å². The number of amides is 1. The van der Waals surface area contributed by atoms with E-state index >= 15 is 0 Å². The Balaban J connectivity index is 1.49. The Bertz CT molecular complexity index is 1200. The van der Waals surface area contributed by atoms with E-state index in [0.717, 1.165) is 5.82 Å². The molecule has 8 heteroatoms. The lowest BCUT2D eigenvalue weighted by Crippen LogP contribution is -2.50. The summed E-state index contributed by atoms with van der Waals surface area (Å²) >= 11 is 0. The Labute approximate surface area is 187 Å². The molecule has 1 aliphatic rings. The first kappa shape index (κ1) is 21.8. The van der Waals surface area contributed by atoms with E-state index in [1.54, 1.807) is 50.1 Å². The maximum atomic E-state index is 13.1. The molecule has 0 saturated carbocycles. The van der Waals surface area contributed by atoms with Gasteiger partial charge in [-0.3, -0.25) is 19.1 Å². The molecule has 1 amide bonds. The molecule has 0 N–H and O–H groups in total. The van der Waals surface area contributed by atoms with E-state index in [1.165, 1.54) is 0 Å². The fourth-order valence-electron chi connectivity index (χ4n) is 4.23. The van der Waals surface area contributed by atoms with Crippen LogP contribution in [0.5, 0.6) is 11.5 Å². The molecule has 8 nitrogen and oxygen atoms in total. The van der Waals surface area contributed by atoms with Gasteiger partial charge >= 0.3 is 0 Å². The van der Waals surface area contributed by atoms with Gasteiger partial charge in [-0.1, -0.05) is 12.1 Å². The van der Waals surface area contributed by atoms with Crippen molar-refractivity contribution < 1.29 is 14.3 Å². The summed E-state index contributed by atoms with van der Waals surface area (Å²) in [5.74, 6) is 1.81.